The lowest BCUT2D eigenvalue weighted by Crippen LogP contribution is -2.21. The number of aromatic nitrogens is 2. The van der Waals surface area contributed by atoms with Crippen LogP contribution in [0.3, 0.4) is 0 Å². The summed E-state index contributed by atoms with van der Waals surface area (Å²) in [6.45, 7) is 5.79. The van der Waals surface area contributed by atoms with E-state index in [1.54, 1.807) is 42.5 Å². The minimum Gasteiger partial charge on any atom is -0.325 e. The first kappa shape index (κ1) is 20.0. The number of carbonyl (C=O) groups excluding carboxylic acids is 3. The van der Waals surface area contributed by atoms with Crippen LogP contribution < -0.4 is 5.32 Å². The third-order valence-corrected chi connectivity index (χ3v) is 6.00. The van der Waals surface area contributed by atoms with Crippen LogP contribution in [0.1, 0.15) is 48.8 Å². The molecule has 0 saturated heterocycles. The number of carbonyl (C=O) groups is 3. The highest BCUT2D eigenvalue weighted by Crippen LogP contribution is 2.29. The third kappa shape index (κ3) is 3.64. The van der Waals surface area contributed by atoms with Gasteiger partial charge >= 0.3 is 0 Å². The van der Waals surface area contributed by atoms with Crippen LogP contribution in [0.4, 0.5) is 5.69 Å². The molecule has 0 atom stereocenters. The number of thioether (sulfide) groups is 1. The summed E-state index contributed by atoms with van der Waals surface area (Å²) in [5.74, 6) is -0.510. The van der Waals surface area contributed by atoms with Gasteiger partial charge in [-0.05, 0) is 44.5 Å². The summed E-state index contributed by atoms with van der Waals surface area (Å²) in [5.41, 5.74) is 4.74. The van der Waals surface area contributed by atoms with E-state index in [0.717, 1.165) is 17.0 Å². The number of amides is 1. The molecule has 0 saturated carbocycles. The predicted molar refractivity (Wildman–Crippen MR) is 115 cm³/mol. The van der Waals surface area contributed by atoms with Crippen molar-refractivity contribution in [2.24, 2.45) is 0 Å². The standard InChI is InChI=1S/C23H19N3O3S/c1-12-13(2)24-23(25-14(12)3)30-11-20(27)26-15-8-9-18-19(10-15)22(29)17-7-5-4-6-16(17)21(18)28/h4-10H,11H2,1-3H3,(H,26,27). The lowest BCUT2D eigenvalue weighted by Gasteiger charge is -2.18. The molecular formula is C23H19N3O3S. The topological polar surface area (TPSA) is 89.0 Å². The monoisotopic (exact) mass is 417 g/mol. The molecule has 0 fully saturated rings. The lowest BCUT2D eigenvalue weighted by molar-refractivity contribution is -0.113. The van der Waals surface area contributed by atoms with Crippen LogP contribution in [-0.4, -0.2) is 33.2 Å². The van der Waals surface area contributed by atoms with E-state index in [2.05, 4.69) is 15.3 Å². The lowest BCUT2D eigenvalue weighted by atomic mass is 9.84. The average molecular weight is 417 g/mol. The van der Waals surface area contributed by atoms with Gasteiger partial charge in [-0.2, -0.15) is 0 Å². The average Bonchev–Trinajstić information content (AvgIpc) is 2.74. The van der Waals surface area contributed by atoms with Crippen LogP contribution in [-0.2, 0) is 4.79 Å². The van der Waals surface area contributed by atoms with Crippen molar-refractivity contribution in [3.05, 3.63) is 81.7 Å². The molecule has 2 aromatic carbocycles. The fourth-order valence-corrected chi connectivity index (χ4v) is 4.05. The summed E-state index contributed by atoms with van der Waals surface area (Å²) in [5, 5.41) is 3.33. The quantitative estimate of drug-likeness (QED) is 0.400. The Morgan fingerprint density at radius 1 is 0.867 bits per heavy atom. The zero-order valence-corrected chi connectivity index (χ0v) is 17.6. The first-order valence-electron chi connectivity index (χ1n) is 9.42. The van der Waals surface area contributed by atoms with E-state index in [1.807, 2.05) is 20.8 Å². The Hall–Kier alpha value is -3.32. The van der Waals surface area contributed by atoms with Crippen LogP contribution >= 0.6 is 11.8 Å². The first-order valence-corrected chi connectivity index (χ1v) is 10.4. The number of fused-ring (bicyclic) bond motifs is 2. The summed E-state index contributed by atoms with van der Waals surface area (Å²) in [7, 11) is 0. The van der Waals surface area contributed by atoms with E-state index < -0.39 is 0 Å². The van der Waals surface area contributed by atoms with Crippen LogP contribution in [0.25, 0.3) is 0 Å². The molecule has 6 nitrogen and oxygen atoms in total. The van der Waals surface area contributed by atoms with Gasteiger partial charge in [-0.1, -0.05) is 36.0 Å². The highest BCUT2D eigenvalue weighted by molar-refractivity contribution is 7.99. The normalized spacial score (nSPS) is 12.4. The summed E-state index contributed by atoms with van der Waals surface area (Å²) < 4.78 is 0. The third-order valence-electron chi connectivity index (χ3n) is 5.15. The van der Waals surface area contributed by atoms with Crippen molar-refractivity contribution in [1.82, 2.24) is 9.97 Å². The van der Waals surface area contributed by atoms with Gasteiger partial charge in [0.15, 0.2) is 16.7 Å². The van der Waals surface area contributed by atoms with Gasteiger partial charge < -0.3 is 5.32 Å². The van der Waals surface area contributed by atoms with Crippen LogP contribution in [0, 0.1) is 20.8 Å². The molecule has 1 N–H and O–H groups in total. The molecule has 0 unspecified atom stereocenters. The van der Waals surface area contributed by atoms with Gasteiger partial charge in [0.2, 0.25) is 5.91 Å². The molecule has 0 bridgehead atoms. The van der Waals surface area contributed by atoms with Crippen molar-refractivity contribution in [2.45, 2.75) is 25.9 Å². The second-order valence-corrected chi connectivity index (χ2v) is 8.05. The molecule has 30 heavy (non-hydrogen) atoms. The molecule has 0 radical (unpaired) electrons. The smallest absolute Gasteiger partial charge is 0.234 e. The number of anilines is 1. The summed E-state index contributed by atoms with van der Waals surface area (Å²) in [6, 6.07) is 11.6. The number of benzene rings is 2. The van der Waals surface area contributed by atoms with Gasteiger partial charge in [-0.15, -0.1) is 0 Å². The maximum Gasteiger partial charge on any atom is 0.234 e. The molecule has 0 aliphatic heterocycles. The molecule has 1 heterocycles. The van der Waals surface area contributed by atoms with E-state index in [4.69, 9.17) is 0 Å². The zero-order chi connectivity index (χ0) is 21.4. The number of nitrogens with one attached hydrogen (secondary N) is 1. The molecule has 1 aromatic heterocycles. The minimum atomic E-state index is -0.241. The van der Waals surface area contributed by atoms with Crippen molar-refractivity contribution in [3.8, 4) is 0 Å². The van der Waals surface area contributed by atoms with Gasteiger partial charge in [0, 0.05) is 39.3 Å². The summed E-state index contributed by atoms with van der Waals surface area (Å²) >= 11 is 1.25. The van der Waals surface area contributed by atoms with Crippen molar-refractivity contribution >= 4 is 34.9 Å². The van der Waals surface area contributed by atoms with Gasteiger partial charge in [-0.25, -0.2) is 9.97 Å². The SMILES string of the molecule is Cc1nc(SCC(=O)Nc2ccc3c(c2)C(=O)c2ccccc2C3=O)nc(C)c1C. The van der Waals surface area contributed by atoms with Gasteiger partial charge in [0.1, 0.15) is 0 Å². The summed E-state index contributed by atoms with van der Waals surface area (Å²) in [4.78, 5) is 46.7. The Bertz CT molecular complexity index is 1200. The molecule has 150 valence electrons. The van der Waals surface area contributed by atoms with Crippen LogP contribution in [0.5, 0.6) is 0 Å². The molecule has 0 spiro atoms. The summed E-state index contributed by atoms with van der Waals surface area (Å²) in [6.07, 6.45) is 0. The van der Waals surface area contributed by atoms with E-state index in [0.29, 0.717) is 33.1 Å². The van der Waals surface area contributed by atoms with Crippen molar-refractivity contribution < 1.29 is 14.4 Å². The molecule has 7 heteroatoms. The van der Waals surface area contributed by atoms with Gasteiger partial charge in [0.05, 0.1) is 5.75 Å². The Morgan fingerprint density at radius 3 is 2.07 bits per heavy atom. The Labute approximate surface area is 178 Å². The molecule has 1 amide bonds. The molecule has 1 aliphatic rings. The van der Waals surface area contributed by atoms with Gasteiger partial charge in [0.25, 0.3) is 0 Å². The second kappa shape index (κ2) is 7.84. The number of aryl methyl sites for hydroxylation is 2. The van der Waals surface area contributed by atoms with Gasteiger partial charge in [-0.3, -0.25) is 14.4 Å². The maximum atomic E-state index is 12.8. The highest BCUT2D eigenvalue weighted by atomic mass is 32.2. The maximum absolute atomic E-state index is 12.8. The van der Waals surface area contributed by atoms with E-state index in [9.17, 15) is 14.4 Å². The number of ketones is 2. The number of rotatable bonds is 4. The molecule has 1 aliphatic carbocycles. The second-order valence-electron chi connectivity index (χ2n) is 7.10. The van der Waals surface area contributed by atoms with E-state index in [1.165, 1.54) is 11.8 Å². The van der Waals surface area contributed by atoms with E-state index in [-0.39, 0.29) is 23.2 Å². The first-order chi connectivity index (χ1) is 14.3. The molecule has 4 rings (SSSR count). The fourth-order valence-electron chi connectivity index (χ4n) is 3.31. The highest BCUT2D eigenvalue weighted by Gasteiger charge is 2.29. The van der Waals surface area contributed by atoms with Crippen molar-refractivity contribution in [1.29, 1.82) is 0 Å². The fraction of sp³-hybridized carbons (Fsp3) is 0.174. The Balaban J connectivity index is 1.49. The zero-order valence-electron chi connectivity index (χ0n) is 16.8. The van der Waals surface area contributed by atoms with E-state index >= 15 is 0 Å². The van der Waals surface area contributed by atoms with Crippen LogP contribution in [0.15, 0.2) is 47.6 Å². The van der Waals surface area contributed by atoms with Crippen LogP contribution in [0.2, 0.25) is 0 Å². The Morgan fingerprint density at radius 2 is 1.43 bits per heavy atom. The van der Waals surface area contributed by atoms with Crippen molar-refractivity contribution in [3.63, 3.8) is 0 Å². The largest absolute Gasteiger partial charge is 0.325 e. The minimum absolute atomic E-state index is 0.134. The Kier molecular flexibility index (Phi) is 5.22. The number of hydrogen-bond acceptors (Lipinski definition) is 6. The number of hydrogen-bond donors (Lipinski definition) is 1. The predicted octanol–water partition coefficient (Wildman–Crippen LogP) is 3.91. The van der Waals surface area contributed by atoms with Crippen molar-refractivity contribution in [2.75, 3.05) is 11.1 Å². The number of nitrogens with zero attached hydrogens (tertiary/aromatic N) is 2. The molecular weight excluding hydrogens is 398 g/mol. The molecule has 3 aromatic rings.